The van der Waals surface area contributed by atoms with Crippen LogP contribution in [0.15, 0.2) is 47.4 Å². The molecule has 5 nitrogen and oxygen atoms in total. The van der Waals surface area contributed by atoms with Crippen LogP contribution in [-0.4, -0.2) is 25.1 Å². The highest BCUT2D eigenvalue weighted by Crippen LogP contribution is 2.39. The largest absolute Gasteiger partial charge is 0.413 e. The molecule has 0 unspecified atom stereocenters. The summed E-state index contributed by atoms with van der Waals surface area (Å²) in [6.07, 6.45) is 0. The van der Waals surface area contributed by atoms with Crippen LogP contribution in [0.1, 0.15) is 58.2 Å². The van der Waals surface area contributed by atoms with Crippen LogP contribution in [-0.2, 0) is 32.1 Å². The van der Waals surface area contributed by atoms with Crippen LogP contribution in [0.3, 0.4) is 0 Å². The zero-order valence-corrected chi connectivity index (χ0v) is 26.3. The minimum absolute atomic E-state index is 0.0632. The first-order valence-electron chi connectivity index (χ1n) is 12.2. The van der Waals surface area contributed by atoms with E-state index in [0.717, 1.165) is 16.7 Å². The number of rotatable bonds is 9. The Balaban J connectivity index is 2.49. The first-order valence-corrected chi connectivity index (χ1v) is 19.5. The summed E-state index contributed by atoms with van der Waals surface area (Å²) in [6.45, 7) is 24.9. The third kappa shape index (κ3) is 7.52. The summed E-state index contributed by atoms with van der Waals surface area (Å²) in [4.78, 5) is 0.231. The van der Waals surface area contributed by atoms with Crippen molar-refractivity contribution in [2.24, 2.45) is 0 Å². The van der Waals surface area contributed by atoms with Gasteiger partial charge in [-0.3, -0.25) is 4.72 Å². The topological polar surface area (TPSA) is 64.6 Å². The minimum Gasteiger partial charge on any atom is -0.413 e. The van der Waals surface area contributed by atoms with Crippen molar-refractivity contribution in [2.75, 3.05) is 4.72 Å². The SMILES string of the molecule is Cc1c(CO[Si](C)(C)C(C)(C)C)cc(S(=O)(=O)Nc2ccccc2)cc1CO[Si](C)(C)C(C)(C)C. The maximum absolute atomic E-state index is 13.4. The molecular weight excluding hydrogens is 491 g/mol. The van der Waals surface area contributed by atoms with Crippen molar-refractivity contribution < 1.29 is 17.3 Å². The Hall–Kier alpha value is -1.46. The van der Waals surface area contributed by atoms with E-state index < -0.39 is 26.7 Å². The molecule has 0 atom stereocenters. The average molecular weight is 536 g/mol. The molecular formula is C27H45NO4SSi2. The standard InChI is InChI=1S/C27H45NO4SSi2/c1-21-22(19-31-34(8,9)26(2,3)4)17-25(33(29,30)28-24-15-13-12-14-16-24)18-23(21)20-32-35(10,11)27(5,6)7/h12-18,28H,19-20H2,1-11H3. The molecule has 0 spiro atoms. The van der Waals surface area contributed by atoms with Gasteiger partial charge in [0.25, 0.3) is 10.0 Å². The molecule has 2 rings (SSSR count). The number of nitrogens with one attached hydrogen (secondary N) is 1. The van der Waals surface area contributed by atoms with Gasteiger partial charge in [-0.25, -0.2) is 8.42 Å². The minimum atomic E-state index is -3.78. The van der Waals surface area contributed by atoms with Crippen molar-refractivity contribution >= 4 is 32.3 Å². The molecule has 0 aliphatic rings. The van der Waals surface area contributed by atoms with Crippen LogP contribution in [0.4, 0.5) is 5.69 Å². The number of sulfonamides is 1. The maximum atomic E-state index is 13.4. The summed E-state index contributed by atoms with van der Waals surface area (Å²) in [5, 5.41) is 0.126. The van der Waals surface area contributed by atoms with Crippen LogP contribution in [0.5, 0.6) is 0 Å². The van der Waals surface area contributed by atoms with E-state index in [4.69, 9.17) is 8.85 Å². The highest BCUT2D eigenvalue weighted by molar-refractivity contribution is 7.92. The first kappa shape index (κ1) is 29.8. The Morgan fingerprint density at radius 1 is 0.771 bits per heavy atom. The van der Waals surface area contributed by atoms with Gasteiger partial charge in [0.15, 0.2) is 16.6 Å². The van der Waals surface area contributed by atoms with E-state index in [1.807, 2.05) is 25.1 Å². The van der Waals surface area contributed by atoms with E-state index >= 15 is 0 Å². The fourth-order valence-corrected chi connectivity index (χ4v) is 5.99. The van der Waals surface area contributed by atoms with Crippen LogP contribution in [0.2, 0.25) is 36.3 Å². The zero-order chi connectivity index (χ0) is 26.9. The van der Waals surface area contributed by atoms with E-state index in [1.54, 1.807) is 24.3 Å². The number of anilines is 1. The molecule has 0 aromatic heterocycles. The quantitative estimate of drug-likeness (QED) is 0.332. The Morgan fingerprint density at radius 3 is 1.54 bits per heavy atom. The molecule has 0 radical (unpaired) electrons. The first-order chi connectivity index (χ1) is 15.8. The summed E-state index contributed by atoms with van der Waals surface area (Å²) < 4.78 is 42.4. The highest BCUT2D eigenvalue weighted by Gasteiger charge is 2.38. The summed E-state index contributed by atoms with van der Waals surface area (Å²) in [5.41, 5.74) is 3.34. The van der Waals surface area contributed by atoms with Gasteiger partial charge >= 0.3 is 0 Å². The maximum Gasteiger partial charge on any atom is 0.261 e. The fourth-order valence-electron chi connectivity index (χ4n) is 2.93. The van der Waals surface area contributed by atoms with Crippen LogP contribution in [0.25, 0.3) is 0 Å². The molecule has 0 bridgehead atoms. The third-order valence-electron chi connectivity index (χ3n) is 7.72. The summed E-state index contributed by atoms with van der Waals surface area (Å²) in [5.74, 6) is 0. The number of hydrogen-bond acceptors (Lipinski definition) is 4. The number of para-hydroxylation sites is 1. The lowest BCUT2D eigenvalue weighted by molar-refractivity contribution is 0.269. The van der Waals surface area contributed by atoms with Gasteiger partial charge in [-0.15, -0.1) is 0 Å². The van der Waals surface area contributed by atoms with Gasteiger partial charge in [0, 0.05) is 5.69 Å². The second-order valence-corrected chi connectivity index (χ2v) is 23.7. The molecule has 0 saturated heterocycles. The summed E-state index contributed by atoms with van der Waals surface area (Å²) in [6, 6.07) is 12.5. The van der Waals surface area contributed by atoms with Crippen LogP contribution in [0, 0.1) is 6.92 Å². The van der Waals surface area contributed by atoms with Crippen LogP contribution >= 0.6 is 0 Å². The van der Waals surface area contributed by atoms with E-state index in [9.17, 15) is 8.42 Å². The monoisotopic (exact) mass is 535 g/mol. The second kappa shape index (κ2) is 10.5. The van der Waals surface area contributed by atoms with Gasteiger partial charge in [0.1, 0.15) is 0 Å². The smallest absolute Gasteiger partial charge is 0.261 e. The predicted molar refractivity (Wildman–Crippen MR) is 152 cm³/mol. The van der Waals surface area contributed by atoms with Gasteiger partial charge < -0.3 is 8.85 Å². The fraction of sp³-hybridized carbons (Fsp3) is 0.556. The molecule has 2 aromatic carbocycles. The molecule has 0 fully saturated rings. The molecule has 0 aliphatic carbocycles. The van der Waals surface area contributed by atoms with E-state index in [-0.39, 0.29) is 15.0 Å². The third-order valence-corrected chi connectivity index (χ3v) is 18.0. The average Bonchev–Trinajstić information content (AvgIpc) is 2.70. The molecule has 0 heterocycles. The Kier molecular flexibility index (Phi) is 8.93. The van der Waals surface area contributed by atoms with Gasteiger partial charge in [0.05, 0.1) is 18.1 Å². The normalized spacial score (nSPS) is 13.7. The molecule has 0 amide bonds. The highest BCUT2D eigenvalue weighted by atomic mass is 32.2. The predicted octanol–water partition coefficient (Wildman–Crippen LogP) is 7.84. The number of benzene rings is 2. The van der Waals surface area contributed by atoms with E-state index in [2.05, 4.69) is 72.5 Å². The Labute approximate surface area is 216 Å². The lowest BCUT2D eigenvalue weighted by Gasteiger charge is -2.37. The van der Waals surface area contributed by atoms with E-state index in [1.165, 1.54) is 0 Å². The van der Waals surface area contributed by atoms with Crippen LogP contribution < -0.4 is 4.72 Å². The van der Waals surface area contributed by atoms with Gasteiger partial charge in [-0.05, 0) is 84.1 Å². The zero-order valence-electron chi connectivity index (χ0n) is 23.5. The van der Waals surface area contributed by atoms with Crippen molar-refractivity contribution in [3.8, 4) is 0 Å². The van der Waals surface area contributed by atoms with Gasteiger partial charge in [-0.2, -0.15) is 0 Å². The van der Waals surface area contributed by atoms with Gasteiger partial charge in [0.2, 0.25) is 0 Å². The van der Waals surface area contributed by atoms with Crippen molar-refractivity contribution in [2.45, 2.75) is 103 Å². The molecule has 8 heteroatoms. The number of hydrogen-bond donors (Lipinski definition) is 1. The summed E-state index contributed by atoms with van der Waals surface area (Å²) in [7, 11) is -7.81. The van der Waals surface area contributed by atoms with E-state index in [0.29, 0.717) is 18.9 Å². The molecule has 35 heavy (non-hydrogen) atoms. The van der Waals surface area contributed by atoms with Crippen molar-refractivity contribution in [1.29, 1.82) is 0 Å². The molecule has 2 aromatic rings. The lowest BCUT2D eigenvalue weighted by Crippen LogP contribution is -2.40. The van der Waals surface area contributed by atoms with Crippen molar-refractivity contribution in [3.63, 3.8) is 0 Å². The van der Waals surface area contributed by atoms with Crippen molar-refractivity contribution in [3.05, 3.63) is 59.2 Å². The molecule has 0 aliphatic heterocycles. The van der Waals surface area contributed by atoms with Gasteiger partial charge in [-0.1, -0.05) is 59.7 Å². The Bertz CT molecular complexity index is 1070. The summed E-state index contributed by atoms with van der Waals surface area (Å²) >= 11 is 0. The lowest BCUT2D eigenvalue weighted by atomic mass is 10.0. The van der Waals surface area contributed by atoms with Crippen molar-refractivity contribution in [1.82, 2.24) is 0 Å². The molecule has 196 valence electrons. The Morgan fingerprint density at radius 2 is 1.17 bits per heavy atom. The second-order valence-electron chi connectivity index (χ2n) is 12.4. The molecule has 0 saturated carbocycles. The molecule has 1 N–H and O–H groups in total.